The molecule has 1 saturated heterocycles. The van der Waals surface area contributed by atoms with Crippen LogP contribution in [0.2, 0.25) is 0 Å². The van der Waals surface area contributed by atoms with Crippen molar-refractivity contribution in [1.82, 2.24) is 4.90 Å². The molecule has 0 saturated carbocycles. The summed E-state index contributed by atoms with van der Waals surface area (Å²) in [6.07, 6.45) is -0.300. The number of amides is 1. The minimum atomic E-state index is -0.300. The first-order valence-corrected chi connectivity index (χ1v) is 6.24. The molecule has 1 aliphatic heterocycles. The monoisotopic (exact) mass is 229 g/mol. The second-order valence-corrected chi connectivity index (χ2v) is 5.40. The van der Waals surface area contributed by atoms with Crippen LogP contribution in [0, 0.1) is 0 Å². The van der Waals surface area contributed by atoms with Gasteiger partial charge in [-0.3, -0.25) is 4.79 Å². The van der Waals surface area contributed by atoms with Crippen molar-refractivity contribution in [3.8, 4) is 0 Å². The molecule has 1 N–H and O–H groups in total. The average Bonchev–Trinajstić information content (AvgIpc) is 2.61. The van der Waals surface area contributed by atoms with Gasteiger partial charge in [0.1, 0.15) is 0 Å². The van der Waals surface area contributed by atoms with E-state index in [0.29, 0.717) is 18.8 Å². The first kappa shape index (κ1) is 10.0. The van der Waals surface area contributed by atoms with E-state index >= 15 is 0 Å². The maximum absolute atomic E-state index is 11.5. The van der Waals surface area contributed by atoms with E-state index in [-0.39, 0.29) is 12.0 Å². The standard InChI is InChI=1S/C9H11NO2S2/c11-7-4-10(5-7)8(12)6-14-9-2-1-3-13-9/h1-3,7,11H,4-6H2. The van der Waals surface area contributed by atoms with Crippen LogP contribution in [-0.2, 0) is 4.79 Å². The lowest BCUT2D eigenvalue weighted by molar-refractivity contribution is -0.138. The van der Waals surface area contributed by atoms with Gasteiger partial charge in [-0.2, -0.15) is 0 Å². The molecule has 1 aromatic rings. The summed E-state index contributed by atoms with van der Waals surface area (Å²) in [4.78, 5) is 13.2. The first-order valence-electron chi connectivity index (χ1n) is 4.38. The van der Waals surface area contributed by atoms with Gasteiger partial charge in [0.15, 0.2) is 0 Å². The Morgan fingerprint density at radius 3 is 3.07 bits per heavy atom. The van der Waals surface area contributed by atoms with Crippen LogP contribution in [0.3, 0.4) is 0 Å². The number of rotatable bonds is 3. The summed E-state index contributed by atoms with van der Waals surface area (Å²) in [6, 6.07) is 3.98. The fraction of sp³-hybridized carbons (Fsp3) is 0.444. The van der Waals surface area contributed by atoms with E-state index in [1.54, 1.807) is 28.0 Å². The normalized spacial score (nSPS) is 16.8. The van der Waals surface area contributed by atoms with Crippen molar-refractivity contribution < 1.29 is 9.90 Å². The van der Waals surface area contributed by atoms with Crippen molar-refractivity contribution in [2.45, 2.75) is 10.3 Å². The molecule has 2 heterocycles. The minimum Gasteiger partial charge on any atom is -0.389 e. The Labute approximate surface area is 90.7 Å². The number of aliphatic hydroxyl groups is 1. The predicted molar refractivity (Wildman–Crippen MR) is 57.6 cm³/mol. The molecule has 2 rings (SSSR count). The molecule has 0 radical (unpaired) electrons. The van der Waals surface area contributed by atoms with Gasteiger partial charge in [0.25, 0.3) is 0 Å². The number of thiophene rings is 1. The third kappa shape index (κ3) is 2.29. The van der Waals surface area contributed by atoms with Crippen LogP contribution in [0.4, 0.5) is 0 Å². The fourth-order valence-electron chi connectivity index (χ4n) is 1.23. The molecular weight excluding hydrogens is 218 g/mol. The molecule has 0 spiro atoms. The summed E-state index contributed by atoms with van der Waals surface area (Å²) >= 11 is 3.21. The Morgan fingerprint density at radius 2 is 2.50 bits per heavy atom. The Morgan fingerprint density at radius 1 is 1.71 bits per heavy atom. The van der Waals surface area contributed by atoms with Gasteiger partial charge in [-0.1, -0.05) is 6.07 Å². The molecule has 0 unspecified atom stereocenters. The van der Waals surface area contributed by atoms with Gasteiger partial charge in [0, 0.05) is 13.1 Å². The van der Waals surface area contributed by atoms with Crippen LogP contribution in [0.1, 0.15) is 0 Å². The Hall–Kier alpha value is -0.520. The molecule has 0 bridgehead atoms. The second kappa shape index (κ2) is 4.33. The summed E-state index contributed by atoms with van der Waals surface area (Å²) in [7, 11) is 0. The zero-order chi connectivity index (χ0) is 9.97. The smallest absolute Gasteiger partial charge is 0.233 e. The van der Waals surface area contributed by atoms with E-state index in [4.69, 9.17) is 5.11 Å². The van der Waals surface area contributed by atoms with E-state index < -0.39 is 0 Å². The average molecular weight is 229 g/mol. The van der Waals surface area contributed by atoms with Gasteiger partial charge < -0.3 is 10.0 Å². The number of aliphatic hydroxyl groups excluding tert-OH is 1. The van der Waals surface area contributed by atoms with Crippen molar-refractivity contribution in [3.63, 3.8) is 0 Å². The van der Waals surface area contributed by atoms with Crippen LogP contribution in [-0.4, -0.2) is 40.9 Å². The molecule has 14 heavy (non-hydrogen) atoms. The number of nitrogens with zero attached hydrogens (tertiary/aromatic N) is 1. The van der Waals surface area contributed by atoms with Crippen LogP contribution < -0.4 is 0 Å². The third-order valence-electron chi connectivity index (χ3n) is 2.05. The highest BCUT2D eigenvalue weighted by Crippen LogP contribution is 2.24. The lowest BCUT2D eigenvalue weighted by Crippen LogP contribution is -2.54. The molecule has 0 atom stereocenters. The maximum atomic E-state index is 11.5. The summed E-state index contributed by atoms with van der Waals surface area (Å²) in [6.45, 7) is 1.01. The van der Waals surface area contributed by atoms with E-state index in [1.165, 1.54) is 4.21 Å². The molecule has 5 heteroatoms. The first-order chi connectivity index (χ1) is 6.75. The van der Waals surface area contributed by atoms with Gasteiger partial charge in [0.05, 0.1) is 16.1 Å². The van der Waals surface area contributed by atoms with E-state index in [2.05, 4.69) is 0 Å². The molecule has 1 amide bonds. The number of hydrogen-bond acceptors (Lipinski definition) is 4. The van der Waals surface area contributed by atoms with Crippen molar-refractivity contribution in [2.24, 2.45) is 0 Å². The van der Waals surface area contributed by atoms with E-state index in [1.807, 2.05) is 17.5 Å². The van der Waals surface area contributed by atoms with Crippen molar-refractivity contribution >= 4 is 29.0 Å². The Bertz CT molecular complexity index is 307. The molecular formula is C9H11NO2S2. The SMILES string of the molecule is O=C(CSc1cccs1)N1CC(O)C1. The van der Waals surface area contributed by atoms with Gasteiger partial charge in [-0.25, -0.2) is 0 Å². The topological polar surface area (TPSA) is 40.5 Å². The zero-order valence-corrected chi connectivity index (χ0v) is 9.18. The zero-order valence-electron chi connectivity index (χ0n) is 7.55. The van der Waals surface area contributed by atoms with Crippen molar-refractivity contribution in [1.29, 1.82) is 0 Å². The quantitative estimate of drug-likeness (QED) is 0.787. The second-order valence-electron chi connectivity index (χ2n) is 3.17. The molecule has 0 aliphatic carbocycles. The van der Waals surface area contributed by atoms with Crippen molar-refractivity contribution in [3.05, 3.63) is 17.5 Å². The highest BCUT2D eigenvalue weighted by molar-refractivity contribution is 8.01. The Balaban J connectivity index is 1.73. The Kier molecular flexibility index (Phi) is 3.10. The summed E-state index contributed by atoms with van der Waals surface area (Å²) in [5, 5.41) is 11.0. The fourth-order valence-corrected chi connectivity index (χ4v) is 2.92. The van der Waals surface area contributed by atoms with Gasteiger partial charge >= 0.3 is 0 Å². The molecule has 0 aromatic carbocycles. The lowest BCUT2D eigenvalue weighted by atomic mass is 10.2. The van der Waals surface area contributed by atoms with E-state index in [0.717, 1.165) is 0 Å². The van der Waals surface area contributed by atoms with Gasteiger partial charge in [0.2, 0.25) is 5.91 Å². The molecule has 1 fully saturated rings. The number of carbonyl (C=O) groups is 1. The van der Waals surface area contributed by atoms with Gasteiger partial charge in [-0.05, 0) is 11.4 Å². The van der Waals surface area contributed by atoms with Crippen molar-refractivity contribution in [2.75, 3.05) is 18.8 Å². The van der Waals surface area contributed by atoms with Gasteiger partial charge in [-0.15, -0.1) is 23.1 Å². The summed E-state index contributed by atoms with van der Waals surface area (Å²) in [5.41, 5.74) is 0. The van der Waals surface area contributed by atoms with Crippen LogP contribution in [0.5, 0.6) is 0 Å². The predicted octanol–water partition coefficient (Wildman–Crippen LogP) is 1.04. The lowest BCUT2D eigenvalue weighted by Gasteiger charge is -2.35. The number of β-amino-alcohol motifs (C(OH)–C–C–N with tert-alkyl or cyclic N) is 1. The van der Waals surface area contributed by atoms with Crippen LogP contribution in [0.25, 0.3) is 0 Å². The third-order valence-corrected chi connectivity index (χ3v) is 4.16. The van der Waals surface area contributed by atoms with Crippen LogP contribution >= 0.6 is 23.1 Å². The molecule has 1 aromatic heterocycles. The number of carbonyl (C=O) groups excluding carboxylic acids is 1. The largest absolute Gasteiger partial charge is 0.389 e. The highest BCUT2D eigenvalue weighted by atomic mass is 32.2. The molecule has 76 valence electrons. The highest BCUT2D eigenvalue weighted by Gasteiger charge is 2.28. The summed E-state index contributed by atoms with van der Waals surface area (Å²) in [5.74, 6) is 0.599. The minimum absolute atomic E-state index is 0.119. The van der Waals surface area contributed by atoms with E-state index in [9.17, 15) is 4.79 Å². The molecule has 1 aliphatic rings. The van der Waals surface area contributed by atoms with Crippen LogP contribution in [0.15, 0.2) is 21.7 Å². The maximum Gasteiger partial charge on any atom is 0.233 e. The number of thioether (sulfide) groups is 1. The molecule has 3 nitrogen and oxygen atoms in total. The number of likely N-dealkylation sites (tertiary alicyclic amines) is 1. The summed E-state index contributed by atoms with van der Waals surface area (Å²) < 4.78 is 1.17. The number of hydrogen-bond donors (Lipinski definition) is 1.